The van der Waals surface area contributed by atoms with E-state index < -0.39 is 5.60 Å². The first-order valence-electron chi connectivity index (χ1n) is 7.31. The lowest BCUT2D eigenvalue weighted by atomic mass is 9.96. The number of hydrogen-bond donors (Lipinski definition) is 3. The Morgan fingerprint density at radius 3 is 2.61 bits per heavy atom. The maximum absolute atomic E-state index is 10.6. The lowest BCUT2D eigenvalue weighted by Gasteiger charge is -2.25. The predicted molar refractivity (Wildman–Crippen MR) is 101 cm³/mol. The number of nitrogens with one attached hydrogen (secondary N) is 2. The molecule has 0 aliphatic heterocycles. The third-order valence-electron chi connectivity index (χ3n) is 3.23. The molecule has 1 atom stereocenters. The fourth-order valence-corrected chi connectivity index (χ4v) is 1.98. The van der Waals surface area contributed by atoms with E-state index in [0.717, 1.165) is 17.8 Å². The van der Waals surface area contributed by atoms with Gasteiger partial charge in [0, 0.05) is 12.6 Å². The molecular weight excluding hydrogens is 407 g/mol. The van der Waals surface area contributed by atoms with Gasteiger partial charge >= 0.3 is 0 Å². The number of aromatic nitrogens is 1. The predicted octanol–water partition coefficient (Wildman–Crippen LogP) is 2.26. The molecule has 0 aliphatic carbocycles. The van der Waals surface area contributed by atoms with Crippen LogP contribution in [0.1, 0.15) is 25.1 Å². The van der Waals surface area contributed by atoms with E-state index in [4.69, 9.17) is 4.52 Å². The minimum Gasteiger partial charge on any atom is -0.384 e. The second-order valence-electron chi connectivity index (χ2n) is 5.18. The monoisotopic (exact) mass is 430 g/mol. The smallest absolute Gasteiger partial charge is 0.191 e. The summed E-state index contributed by atoms with van der Waals surface area (Å²) < 4.78 is 4.78. The maximum Gasteiger partial charge on any atom is 0.191 e. The first-order chi connectivity index (χ1) is 10.6. The Balaban J connectivity index is 0.00000264. The molecule has 0 radical (unpaired) electrons. The fraction of sp³-hybridized carbons (Fsp3) is 0.375. The van der Waals surface area contributed by atoms with Crippen molar-refractivity contribution in [2.24, 2.45) is 4.99 Å². The molecule has 23 heavy (non-hydrogen) atoms. The van der Waals surface area contributed by atoms with Gasteiger partial charge in [0.05, 0.1) is 13.1 Å². The van der Waals surface area contributed by atoms with Gasteiger partial charge in [-0.25, -0.2) is 4.99 Å². The molecule has 0 fully saturated rings. The van der Waals surface area contributed by atoms with Crippen molar-refractivity contribution in [3.8, 4) is 0 Å². The Morgan fingerprint density at radius 1 is 1.26 bits per heavy atom. The molecule has 0 spiro atoms. The van der Waals surface area contributed by atoms with Crippen LogP contribution in [0.2, 0.25) is 0 Å². The summed E-state index contributed by atoms with van der Waals surface area (Å²) >= 11 is 0. The summed E-state index contributed by atoms with van der Waals surface area (Å²) in [6, 6.07) is 11.3. The van der Waals surface area contributed by atoms with Crippen LogP contribution in [-0.2, 0) is 12.1 Å². The highest BCUT2D eigenvalue weighted by Crippen LogP contribution is 2.18. The Hall–Kier alpha value is -1.61. The van der Waals surface area contributed by atoms with Crippen molar-refractivity contribution >= 4 is 29.9 Å². The van der Waals surface area contributed by atoms with Crippen molar-refractivity contribution in [2.45, 2.75) is 26.0 Å². The summed E-state index contributed by atoms with van der Waals surface area (Å²) in [6.07, 6.45) is 1.52. The van der Waals surface area contributed by atoms with Gasteiger partial charge in [-0.15, -0.1) is 24.0 Å². The molecule has 7 heteroatoms. The first-order valence-corrected chi connectivity index (χ1v) is 7.31. The van der Waals surface area contributed by atoms with Gasteiger partial charge in [0.15, 0.2) is 5.96 Å². The Morgan fingerprint density at radius 2 is 2.00 bits per heavy atom. The van der Waals surface area contributed by atoms with Crippen LogP contribution in [0.4, 0.5) is 0 Å². The highest BCUT2D eigenvalue weighted by Gasteiger charge is 2.22. The van der Waals surface area contributed by atoms with E-state index in [1.54, 1.807) is 13.0 Å². The lowest BCUT2D eigenvalue weighted by molar-refractivity contribution is 0.0617. The number of aliphatic hydroxyl groups is 1. The summed E-state index contributed by atoms with van der Waals surface area (Å²) in [6.45, 7) is 5.26. The van der Waals surface area contributed by atoms with E-state index in [-0.39, 0.29) is 24.0 Å². The van der Waals surface area contributed by atoms with Gasteiger partial charge in [-0.2, -0.15) is 0 Å². The van der Waals surface area contributed by atoms with Gasteiger partial charge in [0.25, 0.3) is 0 Å². The zero-order valence-corrected chi connectivity index (χ0v) is 15.7. The second kappa shape index (κ2) is 9.51. The molecule has 0 aliphatic rings. The highest BCUT2D eigenvalue weighted by molar-refractivity contribution is 14.0. The Labute approximate surface area is 153 Å². The summed E-state index contributed by atoms with van der Waals surface area (Å²) in [4.78, 5) is 4.41. The normalized spacial score (nSPS) is 13.8. The molecule has 0 saturated heterocycles. The van der Waals surface area contributed by atoms with Crippen LogP contribution >= 0.6 is 24.0 Å². The number of aliphatic imine (C=N–C) groups is 1. The Kier molecular flexibility index (Phi) is 8.04. The molecule has 126 valence electrons. The number of halogens is 1. The number of benzene rings is 1. The molecule has 1 unspecified atom stereocenters. The van der Waals surface area contributed by atoms with E-state index in [1.807, 2.05) is 37.3 Å². The molecule has 0 bridgehead atoms. The summed E-state index contributed by atoms with van der Waals surface area (Å²) in [7, 11) is 0. The molecular formula is C16H23IN4O2. The minimum atomic E-state index is -0.981. The molecule has 1 heterocycles. The van der Waals surface area contributed by atoms with Crippen LogP contribution in [-0.4, -0.2) is 29.3 Å². The fourth-order valence-electron chi connectivity index (χ4n) is 1.98. The van der Waals surface area contributed by atoms with E-state index in [2.05, 4.69) is 20.8 Å². The molecule has 0 amide bonds. The van der Waals surface area contributed by atoms with Crippen molar-refractivity contribution in [1.29, 1.82) is 0 Å². The van der Waals surface area contributed by atoms with Crippen LogP contribution in [0.25, 0.3) is 0 Å². The average molecular weight is 430 g/mol. The Bertz CT molecular complexity index is 585. The number of rotatable bonds is 6. The van der Waals surface area contributed by atoms with Gasteiger partial charge in [-0.3, -0.25) is 0 Å². The van der Waals surface area contributed by atoms with Crippen LogP contribution < -0.4 is 10.6 Å². The van der Waals surface area contributed by atoms with Crippen molar-refractivity contribution in [3.05, 3.63) is 53.9 Å². The maximum atomic E-state index is 10.6. The molecule has 0 saturated carbocycles. The number of guanidine groups is 1. The van der Waals surface area contributed by atoms with Gasteiger partial charge in [-0.05, 0) is 19.4 Å². The average Bonchev–Trinajstić information content (AvgIpc) is 3.04. The first kappa shape index (κ1) is 19.4. The van der Waals surface area contributed by atoms with Gasteiger partial charge < -0.3 is 20.3 Å². The molecule has 6 nitrogen and oxygen atoms in total. The lowest BCUT2D eigenvalue weighted by Crippen LogP contribution is -2.44. The highest BCUT2D eigenvalue weighted by atomic mass is 127. The standard InChI is InChI=1S/C16H22N4O2.HI/c1-3-17-15(18-11-14-9-10-22-20-14)19-12-16(2,21)13-7-5-4-6-8-13;/h4-10,21H,3,11-12H2,1-2H3,(H2,17,18,19);1H. The van der Waals surface area contributed by atoms with Gasteiger partial charge in [0.2, 0.25) is 0 Å². The van der Waals surface area contributed by atoms with E-state index in [0.29, 0.717) is 19.0 Å². The molecule has 1 aromatic carbocycles. The third kappa shape index (κ3) is 6.19. The summed E-state index contributed by atoms with van der Waals surface area (Å²) in [5.41, 5.74) is 0.632. The SMILES string of the molecule is CCNC(=NCc1ccon1)NCC(C)(O)c1ccccc1.I. The summed E-state index contributed by atoms with van der Waals surface area (Å²) in [5.74, 6) is 0.627. The zero-order valence-electron chi connectivity index (χ0n) is 13.3. The van der Waals surface area contributed by atoms with Crippen molar-refractivity contribution in [1.82, 2.24) is 15.8 Å². The second-order valence-corrected chi connectivity index (χ2v) is 5.18. The summed E-state index contributed by atoms with van der Waals surface area (Å²) in [5, 5.41) is 20.7. The third-order valence-corrected chi connectivity index (χ3v) is 3.23. The quantitative estimate of drug-likeness (QED) is 0.372. The number of hydrogen-bond acceptors (Lipinski definition) is 4. The molecule has 2 aromatic rings. The minimum absolute atomic E-state index is 0. The van der Waals surface area contributed by atoms with Crippen LogP contribution in [0.3, 0.4) is 0 Å². The van der Waals surface area contributed by atoms with Crippen LogP contribution in [0.15, 0.2) is 52.2 Å². The van der Waals surface area contributed by atoms with Gasteiger partial charge in [-0.1, -0.05) is 35.5 Å². The largest absolute Gasteiger partial charge is 0.384 e. The zero-order chi connectivity index (χ0) is 15.8. The molecule has 1 aromatic heterocycles. The van der Waals surface area contributed by atoms with Crippen molar-refractivity contribution < 1.29 is 9.63 Å². The van der Waals surface area contributed by atoms with E-state index >= 15 is 0 Å². The topological polar surface area (TPSA) is 82.7 Å². The molecule has 2 rings (SSSR count). The van der Waals surface area contributed by atoms with Gasteiger partial charge in [0.1, 0.15) is 17.6 Å². The van der Waals surface area contributed by atoms with Crippen LogP contribution in [0, 0.1) is 0 Å². The van der Waals surface area contributed by atoms with Crippen molar-refractivity contribution in [3.63, 3.8) is 0 Å². The van der Waals surface area contributed by atoms with E-state index in [1.165, 1.54) is 6.26 Å². The van der Waals surface area contributed by atoms with Crippen molar-refractivity contribution in [2.75, 3.05) is 13.1 Å². The molecule has 3 N–H and O–H groups in total. The number of nitrogens with zero attached hydrogens (tertiary/aromatic N) is 2. The van der Waals surface area contributed by atoms with E-state index in [9.17, 15) is 5.11 Å². The van der Waals surface area contributed by atoms with Crippen LogP contribution in [0.5, 0.6) is 0 Å².